The monoisotopic (exact) mass is 152 g/mol. The molecule has 0 saturated carbocycles. The number of nitrogens with two attached hydrogens (primary N) is 1. The molecule has 1 aromatic rings. The topological polar surface area (TPSA) is 56.0 Å². The van der Waals surface area contributed by atoms with Crippen LogP contribution in [0.4, 0.5) is 5.13 Å². The van der Waals surface area contributed by atoms with Crippen LogP contribution in [-0.4, -0.2) is 11.3 Å². The summed E-state index contributed by atoms with van der Waals surface area (Å²) >= 11 is 1.26. The predicted octanol–water partition coefficient (Wildman–Crippen LogP) is 0.276. The number of carbonyl (C=O) groups excluding carboxylic acids is 1. The van der Waals surface area contributed by atoms with Crippen molar-refractivity contribution in [2.75, 3.05) is 5.73 Å². The van der Waals surface area contributed by atoms with Crippen LogP contribution in [0.3, 0.4) is 0 Å². The standard InChI is InChI=1S/C6H4N2OS/c7-6-8-4-5(10-6)2-1-3-9/h3-4H,(H2,7,8). The van der Waals surface area contributed by atoms with Crippen LogP contribution >= 0.6 is 11.3 Å². The van der Waals surface area contributed by atoms with Crippen LogP contribution in [0.1, 0.15) is 4.88 Å². The molecule has 0 fully saturated rings. The summed E-state index contributed by atoms with van der Waals surface area (Å²) in [4.78, 5) is 14.2. The van der Waals surface area contributed by atoms with Crippen molar-refractivity contribution in [3.8, 4) is 11.8 Å². The van der Waals surface area contributed by atoms with Crippen molar-refractivity contribution in [1.29, 1.82) is 0 Å². The maximum atomic E-state index is 9.76. The van der Waals surface area contributed by atoms with Crippen molar-refractivity contribution < 1.29 is 4.79 Å². The van der Waals surface area contributed by atoms with Crippen molar-refractivity contribution in [3.05, 3.63) is 11.1 Å². The molecule has 0 atom stereocenters. The minimum absolute atomic E-state index is 0.468. The molecule has 0 aliphatic heterocycles. The average Bonchev–Trinajstić information content (AvgIpc) is 2.31. The van der Waals surface area contributed by atoms with E-state index in [2.05, 4.69) is 16.8 Å². The van der Waals surface area contributed by atoms with Gasteiger partial charge in [0.05, 0.1) is 11.1 Å². The molecule has 0 saturated heterocycles. The molecule has 3 nitrogen and oxygen atoms in total. The summed E-state index contributed by atoms with van der Waals surface area (Å²) in [5.74, 6) is 4.84. The minimum atomic E-state index is 0.468. The SMILES string of the molecule is Nc1ncc(C#CC=O)s1. The van der Waals surface area contributed by atoms with Crippen molar-refractivity contribution in [3.63, 3.8) is 0 Å². The third-order valence-electron chi connectivity index (χ3n) is 0.778. The minimum Gasteiger partial charge on any atom is -0.375 e. The molecular weight excluding hydrogens is 148 g/mol. The summed E-state index contributed by atoms with van der Waals surface area (Å²) in [5.41, 5.74) is 5.30. The van der Waals surface area contributed by atoms with Crippen molar-refractivity contribution in [2.24, 2.45) is 0 Å². The van der Waals surface area contributed by atoms with Crippen LogP contribution in [0.25, 0.3) is 0 Å². The summed E-state index contributed by atoms with van der Waals surface area (Å²) in [5, 5.41) is 0.468. The Bertz CT molecular complexity index is 294. The first kappa shape index (κ1) is 6.78. The normalized spacial score (nSPS) is 8.00. The molecule has 0 unspecified atom stereocenters. The molecule has 0 aliphatic carbocycles. The van der Waals surface area contributed by atoms with Gasteiger partial charge in [-0.1, -0.05) is 11.3 Å². The van der Waals surface area contributed by atoms with Gasteiger partial charge in [-0.3, -0.25) is 4.79 Å². The van der Waals surface area contributed by atoms with Crippen molar-refractivity contribution in [1.82, 2.24) is 4.98 Å². The Kier molecular flexibility index (Phi) is 2.03. The summed E-state index contributed by atoms with van der Waals surface area (Å²) in [7, 11) is 0. The number of nitrogen functional groups attached to an aromatic ring is 1. The van der Waals surface area contributed by atoms with Crippen LogP contribution in [-0.2, 0) is 4.79 Å². The van der Waals surface area contributed by atoms with Gasteiger partial charge in [0, 0.05) is 0 Å². The fourth-order valence-electron chi connectivity index (χ4n) is 0.446. The van der Waals surface area contributed by atoms with E-state index in [9.17, 15) is 4.79 Å². The number of hydrogen-bond donors (Lipinski definition) is 1. The fraction of sp³-hybridized carbons (Fsp3) is 0. The quantitative estimate of drug-likeness (QED) is 0.429. The van der Waals surface area contributed by atoms with Crippen molar-refractivity contribution >= 4 is 22.8 Å². The Morgan fingerprint density at radius 1 is 1.80 bits per heavy atom. The predicted molar refractivity (Wildman–Crippen MR) is 39.5 cm³/mol. The number of nitrogens with zero attached hydrogens (tertiary/aromatic N) is 1. The molecule has 1 aromatic heterocycles. The first-order chi connectivity index (χ1) is 4.83. The van der Waals surface area contributed by atoms with Gasteiger partial charge in [-0.25, -0.2) is 4.98 Å². The van der Waals surface area contributed by atoms with Gasteiger partial charge in [0.2, 0.25) is 0 Å². The first-order valence-corrected chi connectivity index (χ1v) is 3.31. The molecule has 4 heteroatoms. The van der Waals surface area contributed by atoms with Crippen LogP contribution in [0.2, 0.25) is 0 Å². The van der Waals surface area contributed by atoms with E-state index in [1.54, 1.807) is 0 Å². The second-order valence-corrected chi connectivity index (χ2v) is 2.51. The molecule has 50 valence electrons. The number of aldehydes is 1. The summed E-state index contributed by atoms with van der Waals surface area (Å²) in [6.45, 7) is 0. The Morgan fingerprint density at radius 2 is 2.60 bits per heavy atom. The zero-order chi connectivity index (χ0) is 7.40. The molecule has 1 heterocycles. The molecule has 0 bridgehead atoms. The van der Waals surface area contributed by atoms with E-state index >= 15 is 0 Å². The molecule has 0 aliphatic rings. The smallest absolute Gasteiger partial charge is 0.193 e. The van der Waals surface area contributed by atoms with Crippen LogP contribution in [0.5, 0.6) is 0 Å². The molecular formula is C6H4N2OS. The van der Waals surface area contributed by atoms with Gasteiger partial charge >= 0.3 is 0 Å². The van der Waals surface area contributed by atoms with Gasteiger partial charge in [0.15, 0.2) is 11.4 Å². The van der Waals surface area contributed by atoms with Gasteiger partial charge < -0.3 is 5.73 Å². The van der Waals surface area contributed by atoms with Crippen LogP contribution in [0.15, 0.2) is 6.20 Å². The van der Waals surface area contributed by atoms with Crippen molar-refractivity contribution in [2.45, 2.75) is 0 Å². The largest absolute Gasteiger partial charge is 0.375 e. The van der Waals surface area contributed by atoms with E-state index in [4.69, 9.17) is 5.73 Å². The second-order valence-electron chi connectivity index (χ2n) is 1.45. The third kappa shape index (κ3) is 1.57. The van der Waals surface area contributed by atoms with Gasteiger partial charge in [-0.2, -0.15) is 0 Å². The van der Waals surface area contributed by atoms with E-state index < -0.39 is 0 Å². The number of anilines is 1. The second kappa shape index (κ2) is 2.99. The molecule has 10 heavy (non-hydrogen) atoms. The average molecular weight is 152 g/mol. The van der Waals surface area contributed by atoms with E-state index in [1.807, 2.05) is 0 Å². The first-order valence-electron chi connectivity index (χ1n) is 2.49. The fourth-order valence-corrected chi connectivity index (χ4v) is 0.992. The lowest BCUT2D eigenvalue weighted by Gasteiger charge is -1.71. The summed E-state index contributed by atoms with van der Waals surface area (Å²) < 4.78 is 0. The molecule has 0 amide bonds. The van der Waals surface area contributed by atoms with E-state index in [0.717, 1.165) is 0 Å². The molecule has 0 radical (unpaired) electrons. The molecule has 2 N–H and O–H groups in total. The Labute approximate surface area is 61.9 Å². The summed E-state index contributed by atoms with van der Waals surface area (Å²) in [6.07, 6.45) is 2.08. The van der Waals surface area contributed by atoms with E-state index in [1.165, 1.54) is 17.5 Å². The maximum absolute atomic E-state index is 9.76. The maximum Gasteiger partial charge on any atom is 0.193 e. The van der Waals surface area contributed by atoms with Gasteiger partial charge in [-0.15, -0.1) is 0 Å². The number of hydrogen-bond acceptors (Lipinski definition) is 4. The van der Waals surface area contributed by atoms with Gasteiger partial charge in [0.1, 0.15) is 0 Å². The molecule has 1 rings (SSSR count). The number of thiazole rings is 1. The zero-order valence-corrected chi connectivity index (χ0v) is 5.81. The third-order valence-corrected chi connectivity index (χ3v) is 1.52. The highest BCUT2D eigenvalue weighted by molar-refractivity contribution is 7.15. The molecule has 0 aromatic carbocycles. The number of rotatable bonds is 0. The lowest BCUT2D eigenvalue weighted by Crippen LogP contribution is -1.77. The number of carbonyl (C=O) groups is 1. The van der Waals surface area contributed by atoms with Gasteiger partial charge in [-0.05, 0) is 11.8 Å². The van der Waals surface area contributed by atoms with Crippen LogP contribution < -0.4 is 5.73 Å². The number of aromatic nitrogens is 1. The summed E-state index contributed by atoms with van der Waals surface area (Å²) in [6, 6.07) is 0. The highest BCUT2D eigenvalue weighted by Crippen LogP contribution is 2.11. The van der Waals surface area contributed by atoms with Crippen LogP contribution in [0, 0.1) is 11.8 Å². The zero-order valence-electron chi connectivity index (χ0n) is 5.00. The Balaban J connectivity index is 2.85. The van der Waals surface area contributed by atoms with E-state index in [-0.39, 0.29) is 0 Å². The van der Waals surface area contributed by atoms with Gasteiger partial charge in [0.25, 0.3) is 0 Å². The lowest BCUT2D eigenvalue weighted by atomic mass is 10.5. The highest BCUT2D eigenvalue weighted by atomic mass is 32.1. The van der Waals surface area contributed by atoms with E-state index in [0.29, 0.717) is 16.3 Å². The Morgan fingerprint density at radius 3 is 3.10 bits per heavy atom. The highest BCUT2D eigenvalue weighted by Gasteiger charge is 1.91. The lowest BCUT2D eigenvalue weighted by molar-refractivity contribution is -0.103. The Hall–Kier alpha value is -1.34. The molecule has 0 spiro atoms.